The molecule has 0 unspecified atom stereocenters. The van der Waals surface area contributed by atoms with E-state index in [2.05, 4.69) is 26.5 Å². The second-order valence-corrected chi connectivity index (χ2v) is 6.40. The van der Waals surface area contributed by atoms with Crippen LogP contribution < -0.4 is 14.9 Å². The van der Waals surface area contributed by atoms with Gasteiger partial charge in [0.2, 0.25) is 11.7 Å². The number of amides is 1. The summed E-state index contributed by atoms with van der Waals surface area (Å²) in [5, 5.41) is 15.2. The second-order valence-electron chi connectivity index (χ2n) is 5.48. The number of carbonyl (C=O) groups is 2. The van der Waals surface area contributed by atoms with Gasteiger partial charge in [0.15, 0.2) is 5.75 Å². The largest absolute Gasteiger partial charge is 0.488 e. The van der Waals surface area contributed by atoms with E-state index in [1.54, 1.807) is 12.1 Å². The minimum absolute atomic E-state index is 0.0710. The van der Waals surface area contributed by atoms with Gasteiger partial charge in [0.05, 0.1) is 30.2 Å². The predicted molar refractivity (Wildman–Crippen MR) is 105 cm³/mol. The number of nitrogens with one attached hydrogen (secondary N) is 1. The smallest absolute Gasteiger partial charge is 0.323 e. The van der Waals surface area contributed by atoms with Crippen molar-refractivity contribution >= 4 is 39.7 Å². The maximum Gasteiger partial charge on any atom is 0.323 e. The molecule has 0 aliphatic carbocycles. The van der Waals surface area contributed by atoms with Crippen LogP contribution in [0, 0.1) is 10.1 Å². The number of carbonyl (C=O) groups excluding carboxylic acids is 2. The molecule has 0 fully saturated rings. The fourth-order valence-electron chi connectivity index (χ4n) is 2.29. The Morgan fingerprint density at radius 1 is 1.25 bits per heavy atom. The van der Waals surface area contributed by atoms with Crippen molar-refractivity contribution in [2.24, 2.45) is 5.10 Å². The number of halogens is 1. The molecule has 0 saturated heterocycles. The first-order valence-corrected chi connectivity index (χ1v) is 8.71. The molecule has 1 amide bonds. The molecule has 0 aliphatic heterocycles. The summed E-state index contributed by atoms with van der Waals surface area (Å²) in [5.74, 6) is -1.33. The summed E-state index contributed by atoms with van der Waals surface area (Å²) in [6.07, 6.45) is 1.22. The first-order valence-electron chi connectivity index (χ1n) is 7.92. The van der Waals surface area contributed by atoms with Crippen LogP contribution >= 0.6 is 15.9 Å². The third-order valence-electron chi connectivity index (χ3n) is 3.44. The molecule has 2 rings (SSSR count). The number of methoxy groups -OCH3 is 1. The molecular weight excluding hydrogens is 434 g/mol. The van der Waals surface area contributed by atoms with Gasteiger partial charge in [0.1, 0.15) is 0 Å². The van der Waals surface area contributed by atoms with Crippen LogP contribution in [0.15, 0.2) is 46.0 Å². The third-order valence-corrected chi connectivity index (χ3v) is 3.97. The average molecular weight is 450 g/mol. The van der Waals surface area contributed by atoms with Crippen LogP contribution in [0.3, 0.4) is 0 Å². The minimum Gasteiger partial charge on any atom is -0.488 e. The molecule has 0 atom stereocenters. The van der Waals surface area contributed by atoms with E-state index >= 15 is 0 Å². The summed E-state index contributed by atoms with van der Waals surface area (Å²) >= 11 is 3.31. The topological polar surface area (TPSA) is 120 Å². The molecular formula is C18H16BrN3O6. The molecule has 0 bridgehead atoms. The Balaban J connectivity index is 2.17. The molecule has 0 saturated carbocycles. The molecule has 1 N–H and O–H groups in total. The number of hydrogen-bond acceptors (Lipinski definition) is 7. The standard InChI is InChI=1S/C18H16BrN3O6/c1-11(23)28-15-8-5-13(17(22(25)26)18(15)27-2)10-20-21-16(24)9-12-3-6-14(19)7-4-12/h3-8,10H,9H2,1-2H3,(H,21,24)/b20-10+. The second kappa shape index (κ2) is 9.60. The van der Waals surface area contributed by atoms with E-state index < -0.39 is 16.6 Å². The van der Waals surface area contributed by atoms with Crippen LogP contribution in [0.4, 0.5) is 5.69 Å². The van der Waals surface area contributed by atoms with Gasteiger partial charge in [-0.15, -0.1) is 0 Å². The molecule has 2 aromatic rings. The van der Waals surface area contributed by atoms with E-state index in [1.807, 2.05) is 12.1 Å². The van der Waals surface area contributed by atoms with E-state index in [4.69, 9.17) is 9.47 Å². The number of rotatable bonds is 7. The maximum atomic E-state index is 12.0. The summed E-state index contributed by atoms with van der Waals surface area (Å²) in [7, 11) is 1.22. The number of nitro benzene ring substituents is 1. The maximum absolute atomic E-state index is 12.0. The van der Waals surface area contributed by atoms with Crippen LogP contribution in [0.1, 0.15) is 18.1 Å². The average Bonchev–Trinajstić information content (AvgIpc) is 2.63. The van der Waals surface area contributed by atoms with Gasteiger partial charge in [0.25, 0.3) is 0 Å². The Bertz CT molecular complexity index is 928. The lowest BCUT2D eigenvalue weighted by Crippen LogP contribution is -2.19. The first-order chi connectivity index (χ1) is 13.3. The quantitative estimate of drug-likeness (QED) is 0.228. The van der Waals surface area contributed by atoms with Crippen molar-refractivity contribution < 1.29 is 24.0 Å². The lowest BCUT2D eigenvalue weighted by Gasteiger charge is -2.09. The van der Waals surface area contributed by atoms with Gasteiger partial charge >= 0.3 is 11.7 Å². The summed E-state index contributed by atoms with van der Waals surface area (Å²) in [6.45, 7) is 1.17. The zero-order chi connectivity index (χ0) is 20.7. The highest BCUT2D eigenvalue weighted by Crippen LogP contribution is 2.39. The number of nitro groups is 1. The van der Waals surface area contributed by atoms with E-state index in [-0.39, 0.29) is 29.4 Å². The van der Waals surface area contributed by atoms with E-state index in [9.17, 15) is 19.7 Å². The number of ether oxygens (including phenoxy) is 2. The fourth-order valence-corrected chi connectivity index (χ4v) is 2.56. The molecule has 28 heavy (non-hydrogen) atoms. The Labute approximate surface area is 168 Å². The fraction of sp³-hybridized carbons (Fsp3) is 0.167. The van der Waals surface area contributed by atoms with Crippen molar-refractivity contribution in [3.63, 3.8) is 0 Å². The highest BCUT2D eigenvalue weighted by molar-refractivity contribution is 9.10. The van der Waals surface area contributed by atoms with Gasteiger partial charge in [-0.3, -0.25) is 19.7 Å². The van der Waals surface area contributed by atoms with Gasteiger partial charge in [-0.1, -0.05) is 28.1 Å². The van der Waals surface area contributed by atoms with Crippen molar-refractivity contribution in [2.75, 3.05) is 7.11 Å². The van der Waals surface area contributed by atoms with Gasteiger partial charge < -0.3 is 9.47 Å². The molecule has 0 aromatic heterocycles. The molecule has 146 valence electrons. The molecule has 0 radical (unpaired) electrons. The molecule has 2 aromatic carbocycles. The Kier molecular flexibility index (Phi) is 7.21. The Morgan fingerprint density at radius 2 is 1.93 bits per heavy atom. The number of hydrogen-bond donors (Lipinski definition) is 1. The molecule has 0 heterocycles. The van der Waals surface area contributed by atoms with Crippen LogP contribution in [0.25, 0.3) is 0 Å². The third kappa shape index (κ3) is 5.61. The molecule has 9 nitrogen and oxygen atoms in total. The number of hydrazone groups is 1. The van der Waals surface area contributed by atoms with Crippen LogP contribution in [-0.2, 0) is 16.0 Å². The Hall–Kier alpha value is -3.27. The summed E-state index contributed by atoms with van der Waals surface area (Å²) < 4.78 is 10.8. The van der Waals surface area contributed by atoms with E-state index in [0.717, 1.165) is 16.3 Å². The van der Waals surface area contributed by atoms with Crippen molar-refractivity contribution in [3.8, 4) is 11.5 Å². The summed E-state index contributed by atoms with van der Waals surface area (Å²) in [5.41, 5.74) is 2.73. The Morgan fingerprint density at radius 3 is 2.50 bits per heavy atom. The van der Waals surface area contributed by atoms with Gasteiger partial charge in [-0.25, -0.2) is 5.43 Å². The normalized spacial score (nSPS) is 10.5. The highest BCUT2D eigenvalue weighted by atomic mass is 79.9. The summed E-state index contributed by atoms with van der Waals surface area (Å²) in [6, 6.07) is 9.88. The monoisotopic (exact) mass is 449 g/mol. The van der Waals surface area contributed by atoms with Crippen molar-refractivity contribution in [2.45, 2.75) is 13.3 Å². The van der Waals surface area contributed by atoms with Crippen LogP contribution in [0.2, 0.25) is 0 Å². The lowest BCUT2D eigenvalue weighted by molar-refractivity contribution is -0.385. The highest BCUT2D eigenvalue weighted by Gasteiger charge is 2.25. The predicted octanol–water partition coefficient (Wildman–Crippen LogP) is 2.98. The zero-order valence-electron chi connectivity index (χ0n) is 15.0. The van der Waals surface area contributed by atoms with Crippen molar-refractivity contribution in [1.29, 1.82) is 0 Å². The SMILES string of the molecule is COc1c(OC(C)=O)ccc(/C=N/NC(=O)Cc2ccc(Br)cc2)c1[N+](=O)[O-]. The first kappa shape index (κ1) is 21.0. The van der Waals surface area contributed by atoms with Gasteiger partial charge in [0, 0.05) is 11.4 Å². The van der Waals surface area contributed by atoms with E-state index in [1.165, 1.54) is 26.2 Å². The lowest BCUT2D eigenvalue weighted by atomic mass is 10.1. The minimum atomic E-state index is -0.684. The zero-order valence-corrected chi connectivity index (χ0v) is 16.6. The van der Waals surface area contributed by atoms with E-state index in [0.29, 0.717) is 0 Å². The van der Waals surface area contributed by atoms with Gasteiger partial charge in [-0.05, 0) is 29.8 Å². The molecule has 10 heteroatoms. The van der Waals surface area contributed by atoms with Crippen molar-refractivity contribution in [3.05, 3.63) is 62.1 Å². The van der Waals surface area contributed by atoms with Crippen LogP contribution in [-0.4, -0.2) is 30.1 Å². The molecule has 0 aliphatic rings. The number of benzene rings is 2. The van der Waals surface area contributed by atoms with Crippen molar-refractivity contribution in [1.82, 2.24) is 5.43 Å². The number of nitrogens with zero attached hydrogens (tertiary/aromatic N) is 2. The van der Waals surface area contributed by atoms with Gasteiger partial charge in [-0.2, -0.15) is 5.10 Å². The summed E-state index contributed by atoms with van der Waals surface area (Å²) in [4.78, 5) is 33.8. The number of esters is 1. The van der Waals surface area contributed by atoms with Crippen LogP contribution in [0.5, 0.6) is 11.5 Å². The molecule has 0 spiro atoms.